The molecule has 4 heterocycles. The van der Waals surface area contributed by atoms with Crippen molar-refractivity contribution in [2.75, 3.05) is 18.5 Å². The van der Waals surface area contributed by atoms with Gasteiger partial charge in [-0.25, -0.2) is 9.59 Å². The molecule has 0 spiro atoms. The average molecular weight is 494 g/mol. The van der Waals surface area contributed by atoms with Crippen molar-refractivity contribution in [3.63, 3.8) is 0 Å². The minimum Gasteiger partial charge on any atom is -0.465 e. The van der Waals surface area contributed by atoms with E-state index in [9.17, 15) is 14.4 Å². The largest absolute Gasteiger partial charge is 0.465 e. The standard InChI is InChI=1S/C25H23N3O6S/c1-2-32-25(31)28-11-10-18-19(14-28)35-24-21(18)23(30)26-22(27-24)15-5-3-6-17(13-15)34-20(29)9-8-16-7-4-12-33-16/h3-9,12-13,22,27H,2,10-11,14H2,1H3,(H,26,30). The van der Waals surface area contributed by atoms with Crippen LogP contribution >= 0.6 is 11.3 Å². The van der Waals surface area contributed by atoms with Crippen molar-refractivity contribution in [2.45, 2.75) is 26.1 Å². The molecule has 1 aromatic carbocycles. The SMILES string of the molecule is CCOC(=O)N1CCc2c(sc3c2C(=O)NC(c2cccc(OC(=O)C=Cc4ccco4)c2)N3)C1. The first-order chi connectivity index (χ1) is 17.0. The molecule has 0 saturated heterocycles. The maximum atomic E-state index is 13.0. The van der Waals surface area contributed by atoms with Crippen LogP contribution < -0.4 is 15.4 Å². The number of furan rings is 1. The van der Waals surface area contributed by atoms with Gasteiger partial charge in [0.15, 0.2) is 0 Å². The number of benzene rings is 1. The number of fused-ring (bicyclic) bond motifs is 3. The molecule has 35 heavy (non-hydrogen) atoms. The molecule has 1 unspecified atom stereocenters. The Kier molecular flexibility index (Phi) is 6.28. The molecule has 0 radical (unpaired) electrons. The molecule has 2 aliphatic heterocycles. The lowest BCUT2D eigenvalue weighted by atomic mass is 10.0. The number of nitrogens with one attached hydrogen (secondary N) is 2. The van der Waals surface area contributed by atoms with Crippen molar-refractivity contribution in [2.24, 2.45) is 0 Å². The van der Waals surface area contributed by atoms with Gasteiger partial charge in [-0.05, 0) is 54.8 Å². The summed E-state index contributed by atoms with van der Waals surface area (Å²) in [6.45, 7) is 3.03. The van der Waals surface area contributed by atoms with Gasteiger partial charge >= 0.3 is 12.1 Å². The second kappa shape index (κ2) is 9.67. The predicted octanol–water partition coefficient (Wildman–Crippen LogP) is 4.33. The van der Waals surface area contributed by atoms with E-state index < -0.39 is 12.1 Å². The molecule has 3 aromatic rings. The van der Waals surface area contributed by atoms with Gasteiger partial charge in [0, 0.05) is 17.5 Å². The van der Waals surface area contributed by atoms with Gasteiger partial charge in [0.1, 0.15) is 22.7 Å². The quantitative estimate of drug-likeness (QED) is 0.309. The summed E-state index contributed by atoms with van der Waals surface area (Å²) in [4.78, 5) is 40.0. The molecule has 2 aliphatic rings. The monoisotopic (exact) mass is 493 g/mol. The highest BCUT2D eigenvalue weighted by atomic mass is 32.1. The molecule has 0 fully saturated rings. The number of nitrogens with zero attached hydrogens (tertiary/aromatic N) is 1. The number of carbonyl (C=O) groups is 3. The maximum Gasteiger partial charge on any atom is 0.410 e. The Labute approximate surface area is 205 Å². The van der Waals surface area contributed by atoms with E-state index in [1.807, 2.05) is 6.07 Å². The van der Waals surface area contributed by atoms with E-state index in [1.54, 1.807) is 42.2 Å². The van der Waals surface area contributed by atoms with E-state index in [4.69, 9.17) is 13.9 Å². The van der Waals surface area contributed by atoms with Crippen LogP contribution in [-0.2, 0) is 22.5 Å². The zero-order valence-corrected chi connectivity index (χ0v) is 19.7. The van der Waals surface area contributed by atoms with Crippen LogP contribution in [0.1, 0.15) is 45.2 Å². The average Bonchev–Trinajstić information content (AvgIpc) is 3.50. The van der Waals surface area contributed by atoms with Crippen LogP contribution in [0.5, 0.6) is 5.75 Å². The minimum absolute atomic E-state index is 0.172. The molecule has 10 heteroatoms. The minimum atomic E-state index is -0.543. The number of anilines is 1. The van der Waals surface area contributed by atoms with Crippen LogP contribution in [-0.4, -0.2) is 36.0 Å². The third kappa shape index (κ3) is 4.78. The lowest BCUT2D eigenvalue weighted by Crippen LogP contribution is -2.39. The summed E-state index contributed by atoms with van der Waals surface area (Å²) in [7, 11) is 0. The van der Waals surface area contributed by atoms with E-state index in [1.165, 1.54) is 29.8 Å². The number of hydrogen-bond acceptors (Lipinski definition) is 8. The Morgan fingerprint density at radius 2 is 2.14 bits per heavy atom. The van der Waals surface area contributed by atoms with Crippen LogP contribution in [0.2, 0.25) is 0 Å². The normalized spacial score (nSPS) is 16.8. The van der Waals surface area contributed by atoms with Gasteiger partial charge in [0.25, 0.3) is 5.91 Å². The van der Waals surface area contributed by atoms with Crippen LogP contribution in [0.25, 0.3) is 6.08 Å². The smallest absolute Gasteiger partial charge is 0.410 e. The number of thiophene rings is 1. The zero-order valence-electron chi connectivity index (χ0n) is 18.9. The highest BCUT2D eigenvalue weighted by Crippen LogP contribution is 2.41. The van der Waals surface area contributed by atoms with Crippen LogP contribution in [0, 0.1) is 0 Å². The Bertz CT molecular complexity index is 1300. The third-order valence-electron chi connectivity index (χ3n) is 5.70. The van der Waals surface area contributed by atoms with Crippen LogP contribution in [0.15, 0.2) is 53.2 Å². The van der Waals surface area contributed by atoms with Gasteiger partial charge in [-0.3, -0.25) is 4.79 Å². The molecule has 9 nitrogen and oxygen atoms in total. The summed E-state index contributed by atoms with van der Waals surface area (Å²) in [5.74, 6) is 0.187. The molecule has 5 rings (SSSR count). The number of rotatable bonds is 5. The summed E-state index contributed by atoms with van der Waals surface area (Å²) in [6, 6.07) is 10.4. The summed E-state index contributed by atoms with van der Waals surface area (Å²) < 4.78 is 15.7. The first-order valence-electron chi connectivity index (χ1n) is 11.2. The highest BCUT2D eigenvalue weighted by Gasteiger charge is 2.34. The molecule has 0 saturated carbocycles. The van der Waals surface area contributed by atoms with Gasteiger partial charge < -0.3 is 29.4 Å². The summed E-state index contributed by atoms with van der Waals surface area (Å²) in [6.07, 6.45) is 4.09. The molecule has 0 bridgehead atoms. The topological polar surface area (TPSA) is 110 Å². The Morgan fingerprint density at radius 1 is 1.26 bits per heavy atom. The maximum absolute atomic E-state index is 13.0. The van der Waals surface area contributed by atoms with E-state index in [2.05, 4.69) is 10.6 Å². The van der Waals surface area contributed by atoms with Crippen LogP contribution in [0.3, 0.4) is 0 Å². The highest BCUT2D eigenvalue weighted by molar-refractivity contribution is 7.16. The fourth-order valence-electron chi connectivity index (χ4n) is 4.10. The van der Waals surface area contributed by atoms with Gasteiger partial charge in [-0.1, -0.05) is 12.1 Å². The molecule has 0 aliphatic carbocycles. The van der Waals surface area contributed by atoms with Crippen LogP contribution in [0.4, 0.5) is 9.80 Å². The second-order valence-electron chi connectivity index (χ2n) is 7.97. The summed E-state index contributed by atoms with van der Waals surface area (Å²) in [5.41, 5.74) is 2.35. The fraction of sp³-hybridized carbons (Fsp3) is 0.240. The first kappa shape index (κ1) is 22.7. The zero-order chi connectivity index (χ0) is 24.4. The van der Waals surface area contributed by atoms with Crippen molar-refractivity contribution in [3.05, 3.63) is 76.1 Å². The first-order valence-corrected chi connectivity index (χ1v) is 12.0. The second-order valence-corrected chi connectivity index (χ2v) is 9.08. The van der Waals surface area contributed by atoms with E-state index in [0.29, 0.717) is 43.2 Å². The van der Waals surface area contributed by atoms with E-state index in [-0.39, 0.29) is 12.0 Å². The molecule has 2 amide bonds. The van der Waals surface area contributed by atoms with Crippen molar-refractivity contribution in [1.29, 1.82) is 0 Å². The molecule has 180 valence electrons. The van der Waals surface area contributed by atoms with Crippen molar-refractivity contribution < 1.29 is 28.3 Å². The van der Waals surface area contributed by atoms with Crippen molar-refractivity contribution in [1.82, 2.24) is 10.2 Å². The molecule has 2 aromatic heterocycles. The number of hydrogen-bond donors (Lipinski definition) is 2. The number of amides is 2. The Balaban J connectivity index is 1.30. The molecular weight excluding hydrogens is 470 g/mol. The molecule has 2 N–H and O–H groups in total. The third-order valence-corrected chi connectivity index (χ3v) is 6.85. The summed E-state index contributed by atoms with van der Waals surface area (Å²) in [5, 5.41) is 7.13. The Hall–Kier alpha value is -4.05. The lowest BCUT2D eigenvalue weighted by Gasteiger charge is -2.28. The Morgan fingerprint density at radius 3 is 2.94 bits per heavy atom. The molecular formula is C25H23N3O6S. The van der Waals surface area contributed by atoms with Crippen molar-refractivity contribution >= 4 is 40.4 Å². The number of esters is 1. The predicted molar refractivity (Wildman–Crippen MR) is 129 cm³/mol. The van der Waals surface area contributed by atoms with Crippen molar-refractivity contribution in [3.8, 4) is 5.75 Å². The van der Waals surface area contributed by atoms with E-state index in [0.717, 1.165) is 21.0 Å². The molecule has 1 atom stereocenters. The van der Waals surface area contributed by atoms with E-state index >= 15 is 0 Å². The lowest BCUT2D eigenvalue weighted by molar-refractivity contribution is -0.128. The number of carbonyl (C=O) groups excluding carboxylic acids is 3. The summed E-state index contributed by atoms with van der Waals surface area (Å²) >= 11 is 1.47. The van der Waals surface area contributed by atoms with Gasteiger partial charge in [-0.2, -0.15) is 0 Å². The van der Waals surface area contributed by atoms with Gasteiger partial charge in [-0.15, -0.1) is 11.3 Å². The van der Waals surface area contributed by atoms with Gasteiger partial charge in [0.2, 0.25) is 0 Å². The van der Waals surface area contributed by atoms with Gasteiger partial charge in [0.05, 0.1) is 25.0 Å². The number of ether oxygens (including phenoxy) is 2. The fourth-order valence-corrected chi connectivity index (χ4v) is 5.39.